The number of nitrogens with one attached hydrogen (secondary N) is 1. The van der Waals surface area contributed by atoms with Crippen molar-refractivity contribution in [2.24, 2.45) is 0 Å². The van der Waals surface area contributed by atoms with Gasteiger partial charge in [-0.15, -0.1) is 5.10 Å². The van der Waals surface area contributed by atoms with Crippen LogP contribution in [0.1, 0.15) is 49.8 Å². The summed E-state index contributed by atoms with van der Waals surface area (Å²) in [4.78, 5) is 0. The molecule has 112 valence electrons. The molecule has 1 aliphatic rings. The van der Waals surface area contributed by atoms with Crippen molar-refractivity contribution in [2.45, 2.75) is 57.7 Å². The Morgan fingerprint density at radius 2 is 1.81 bits per heavy atom. The minimum atomic E-state index is 0.659. The molecule has 0 aliphatic heterocycles. The van der Waals surface area contributed by atoms with Crippen LogP contribution in [0.3, 0.4) is 0 Å². The third-order valence-corrected chi connectivity index (χ3v) is 4.20. The van der Waals surface area contributed by atoms with Crippen molar-refractivity contribution >= 4 is 0 Å². The van der Waals surface area contributed by atoms with Gasteiger partial charge in [-0.1, -0.05) is 61.2 Å². The van der Waals surface area contributed by atoms with Crippen molar-refractivity contribution in [3.05, 3.63) is 47.8 Å². The summed E-state index contributed by atoms with van der Waals surface area (Å²) < 4.78 is 1.92. The molecule has 0 spiro atoms. The highest BCUT2D eigenvalue weighted by atomic mass is 15.4. The van der Waals surface area contributed by atoms with Crippen molar-refractivity contribution < 1.29 is 0 Å². The standard InChI is InChI=1S/C17H24N4/c1-2-7-11-16(10-6-1)18-12-17-14-21(20-19-17)13-15-8-4-3-5-9-15/h3-5,8-9,14,16,18H,1-2,6-7,10-13H2. The summed E-state index contributed by atoms with van der Waals surface area (Å²) in [6.07, 6.45) is 10.2. The number of benzene rings is 1. The fourth-order valence-corrected chi connectivity index (χ4v) is 3.00. The van der Waals surface area contributed by atoms with E-state index in [1.165, 1.54) is 44.1 Å². The van der Waals surface area contributed by atoms with Gasteiger partial charge >= 0.3 is 0 Å². The molecule has 2 aromatic rings. The maximum absolute atomic E-state index is 4.27. The second-order valence-electron chi connectivity index (χ2n) is 5.96. The fraction of sp³-hybridized carbons (Fsp3) is 0.529. The highest BCUT2D eigenvalue weighted by Crippen LogP contribution is 2.17. The fourth-order valence-electron chi connectivity index (χ4n) is 3.00. The summed E-state index contributed by atoms with van der Waals surface area (Å²) >= 11 is 0. The van der Waals surface area contributed by atoms with E-state index in [0.29, 0.717) is 6.04 Å². The second-order valence-corrected chi connectivity index (χ2v) is 5.96. The van der Waals surface area contributed by atoms with E-state index in [4.69, 9.17) is 0 Å². The van der Waals surface area contributed by atoms with Gasteiger partial charge in [-0.2, -0.15) is 0 Å². The zero-order chi connectivity index (χ0) is 14.3. The first-order chi connectivity index (χ1) is 10.4. The van der Waals surface area contributed by atoms with Crippen LogP contribution in [0.2, 0.25) is 0 Å². The Morgan fingerprint density at radius 3 is 2.57 bits per heavy atom. The van der Waals surface area contributed by atoms with Gasteiger partial charge < -0.3 is 5.32 Å². The van der Waals surface area contributed by atoms with Gasteiger partial charge in [0.1, 0.15) is 0 Å². The predicted molar refractivity (Wildman–Crippen MR) is 83.9 cm³/mol. The van der Waals surface area contributed by atoms with E-state index in [2.05, 4.69) is 46.1 Å². The molecule has 0 radical (unpaired) electrons. The molecule has 0 atom stereocenters. The van der Waals surface area contributed by atoms with Crippen molar-refractivity contribution in [1.82, 2.24) is 20.3 Å². The molecule has 1 saturated carbocycles. The molecular weight excluding hydrogens is 260 g/mol. The topological polar surface area (TPSA) is 42.7 Å². The molecular formula is C17H24N4. The van der Waals surface area contributed by atoms with Crippen LogP contribution in [0.15, 0.2) is 36.5 Å². The zero-order valence-corrected chi connectivity index (χ0v) is 12.5. The lowest BCUT2D eigenvalue weighted by Gasteiger charge is -2.14. The van der Waals surface area contributed by atoms with Crippen molar-refractivity contribution in [3.8, 4) is 0 Å². The molecule has 0 bridgehead atoms. The van der Waals surface area contributed by atoms with Gasteiger partial charge in [0.05, 0.1) is 18.4 Å². The minimum absolute atomic E-state index is 0.659. The average molecular weight is 284 g/mol. The molecule has 0 saturated heterocycles. The van der Waals surface area contributed by atoms with Gasteiger partial charge in [0.2, 0.25) is 0 Å². The number of rotatable bonds is 5. The van der Waals surface area contributed by atoms with E-state index in [0.717, 1.165) is 18.8 Å². The normalized spacial score (nSPS) is 16.8. The van der Waals surface area contributed by atoms with Gasteiger partial charge in [-0.3, -0.25) is 0 Å². The van der Waals surface area contributed by atoms with E-state index in [9.17, 15) is 0 Å². The molecule has 1 aromatic carbocycles. The third kappa shape index (κ3) is 4.39. The lowest BCUT2D eigenvalue weighted by Crippen LogP contribution is -2.28. The van der Waals surface area contributed by atoms with E-state index in [1.807, 2.05) is 10.7 Å². The quantitative estimate of drug-likeness (QED) is 0.858. The van der Waals surface area contributed by atoms with Crippen LogP contribution in [-0.2, 0) is 13.1 Å². The minimum Gasteiger partial charge on any atom is -0.308 e. The van der Waals surface area contributed by atoms with Gasteiger partial charge in [0, 0.05) is 12.6 Å². The third-order valence-electron chi connectivity index (χ3n) is 4.20. The largest absolute Gasteiger partial charge is 0.308 e. The molecule has 3 rings (SSSR count). The molecule has 1 heterocycles. The number of hydrogen-bond acceptors (Lipinski definition) is 3. The lowest BCUT2D eigenvalue weighted by atomic mass is 10.1. The molecule has 1 aromatic heterocycles. The van der Waals surface area contributed by atoms with Crippen molar-refractivity contribution in [2.75, 3.05) is 0 Å². The summed E-state index contributed by atoms with van der Waals surface area (Å²) in [5.41, 5.74) is 2.29. The Morgan fingerprint density at radius 1 is 1.05 bits per heavy atom. The van der Waals surface area contributed by atoms with Crippen LogP contribution in [0, 0.1) is 0 Å². The molecule has 1 fully saturated rings. The lowest BCUT2D eigenvalue weighted by molar-refractivity contribution is 0.456. The summed E-state index contributed by atoms with van der Waals surface area (Å²) in [7, 11) is 0. The monoisotopic (exact) mass is 284 g/mol. The molecule has 0 unspecified atom stereocenters. The van der Waals surface area contributed by atoms with Gasteiger partial charge in [-0.25, -0.2) is 4.68 Å². The Bertz CT molecular complexity index is 527. The first-order valence-corrected chi connectivity index (χ1v) is 8.06. The van der Waals surface area contributed by atoms with Crippen LogP contribution >= 0.6 is 0 Å². The maximum atomic E-state index is 4.27. The highest BCUT2D eigenvalue weighted by Gasteiger charge is 2.12. The first-order valence-electron chi connectivity index (χ1n) is 8.06. The molecule has 1 aliphatic carbocycles. The van der Waals surface area contributed by atoms with Crippen LogP contribution in [0.4, 0.5) is 0 Å². The second kappa shape index (κ2) is 7.36. The van der Waals surface area contributed by atoms with Crippen LogP contribution < -0.4 is 5.32 Å². The Hall–Kier alpha value is -1.68. The maximum Gasteiger partial charge on any atom is 0.0965 e. The summed E-state index contributed by atoms with van der Waals surface area (Å²) in [5, 5.41) is 12.1. The average Bonchev–Trinajstić information content (AvgIpc) is 2.80. The summed E-state index contributed by atoms with van der Waals surface area (Å²) in [6.45, 7) is 1.62. The summed E-state index contributed by atoms with van der Waals surface area (Å²) in [6, 6.07) is 11.0. The van der Waals surface area contributed by atoms with Gasteiger partial charge in [-0.05, 0) is 18.4 Å². The van der Waals surface area contributed by atoms with E-state index in [-0.39, 0.29) is 0 Å². The predicted octanol–water partition coefficient (Wildman–Crippen LogP) is 3.14. The van der Waals surface area contributed by atoms with E-state index in [1.54, 1.807) is 0 Å². The summed E-state index contributed by atoms with van der Waals surface area (Å²) in [5.74, 6) is 0. The van der Waals surface area contributed by atoms with Gasteiger partial charge in [0.15, 0.2) is 0 Å². The molecule has 21 heavy (non-hydrogen) atoms. The number of nitrogens with zero attached hydrogens (tertiary/aromatic N) is 3. The molecule has 4 nitrogen and oxygen atoms in total. The molecule has 1 N–H and O–H groups in total. The Balaban J connectivity index is 1.50. The molecule has 0 amide bonds. The van der Waals surface area contributed by atoms with E-state index >= 15 is 0 Å². The Kier molecular flexibility index (Phi) is 5.00. The zero-order valence-electron chi connectivity index (χ0n) is 12.5. The number of hydrogen-bond donors (Lipinski definition) is 1. The van der Waals surface area contributed by atoms with Crippen LogP contribution in [0.25, 0.3) is 0 Å². The van der Waals surface area contributed by atoms with E-state index < -0.39 is 0 Å². The van der Waals surface area contributed by atoms with Crippen LogP contribution in [-0.4, -0.2) is 21.0 Å². The molecule has 4 heteroatoms. The smallest absolute Gasteiger partial charge is 0.0965 e. The number of aromatic nitrogens is 3. The SMILES string of the molecule is c1ccc(Cn2cc(CNC3CCCCCC3)nn2)cc1. The highest BCUT2D eigenvalue weighted by molar-refractivity contribution is 5.14. The first kappa shape index (κ1) is 14.3. The van der Waals surface area contributed by atoms with Crippen molar-refractivity contribution in [1.29, 1.82) is 0 Å². The van der Waals surface area contributed by atoms with Gasteiger partial charge in [0.25, 0.3) is 0 Å². The van der Waals surface area contributed by atoms with Crippen molar-refractivity contribution in [3.63, 3.8) is 0 Å². The Labute approximate surface area is 126 Å². The van der Waals surface area contributed by atoms with Crippen LogP contribution in [0.5, 0.6) is 0 Å².